The molecule has 1 aliphatic rings. The summed E-state index contributed by atoms with van der Waals surface area (Å²) in [5.74, 6) is -2.52. The van der Waals surface area contributed by atoms with Crippen LogP contribution in [0.25, 0.3) is 0 Å². The summed E-state index contributed by atoms with van der Waals surface area (Å²) in [7, 11) is 0. The lowest BCUT2D eigenvalue weighted by Crippen LogP contribution is -2.55. The number of nitrogens with one attached hydrogen (secondary N) is 2. The van der Waals surface area contributed by atoms with Crippen molar-refractivity contribution in [2.45, 2.75) is 57.0 Å². The van der Waals surface area contributed by atoms with Crippen LogP contribution >= 0.6 is 0 Å². The van der Waals surface area contributed by atoms with Crippen molar-refractivity contribution in [3.63, 3.8) is 0 Å². The average Bonchev–Trinajstić information content (AvgIpc) is 3.11. The highest BCUT2D eigenvalue weighted by Crippen LogP contribution is 2.37. The minimum Gasteiger partial charge on any atom is -0.508 e. The molecule has 2 aromatic rings. The number of phenols is 1. The Balaban J connectivity index is 2.02. The van der Waals surface area contributed by atoms with Gasteiger partial charge in [-0.05, 0) is 42.7 Å². The normalized spacial score (nSPS) is 18.0. The van der Waals surface area contributed by atoms with Gasteiger partial charge in [-0.2, -0.15) is 0 Å². The number of fused-ring (bicyclic) bond motifs is 1. The Kier molecular flexibility index (Phi) is 7.55. The Morgan fingerprint density at radius 1 is 1.15 bits per heavy atom. The Morgan fingerprint density at radius 3 is 2.50 bits per heavy atom. The standard InChI is InChI=1S/C24H29N3O7/c1-24(2,33)23(32)25-18(12-20(30)26-34)22(31)27(13-14-6-5-8-16(28)10-14)21-17-9-4-3-7-15(17)11-19(21)29/h3-10,18-19,21,28-29,33-34H,11-13H2,1-2H3,(H,25,32)(H,26,30)/t18-,19-,21+/m1/s1. The minimum atomic E-state index is -1.83. The molecule has 2 aromatic carbocycles. The van der Waals surface area contributed by atoms with Gasteiger partial charge in [0, 0.05) is 13.0 Å². The van der Waals surface area contributed by atoms with E-state index < -0.39 is 47.9 Å². The van der Waals surface area contributed by atoms with Gasteiger partial charge in [0.1, 0.15) is 17.4 Å². The fraction of sp³-hybridized carbons (Fsp3) is 0.375. The minimum absolute atomic E-state index is 0.0104. The molecule has 182 valence electrons. The second kappa shape index (κ2) is 10.2. The average molecular weight is 472 g/mol. The summed E-state index contributed by atoms with van der Waals surface area (Å²) in [5.41, 5.74) is 1.76. The van der Waals surface area contributed by atoms with Gasteiger partial charge < -0.3 is 25.5 Å². The first-order valence-corrected chi connectivity index (χ1v) is 10.8. The molecule has 6 N–H and O–H groups in total. The lowest BCUT2D eigenvalue weighted by atomic mass is 10.0. The van der Waals surface area contributed by atoms with Crippen LogP contribution in [-0.2, 0) is 27.3 Å². The first-order chi connectivity index (χ1) is 16.0. The maximum absolute atomic E-state index is 13.8. The van der Waals surface area contributed by atoms with E-state index in [-0.39, 0.29) is 12.3 Å². The maximum atomic E-state index is 13.8. The first kappa shape index (κ1) is 25.2. The van der Waals surface area contributed by atoms with Crippen molar-refractivity contribution in [3.05, 3.63) is 65.2 Å². The van der Waals surface area contributed by atoms with Crippen molar-refractivity contribution in [2.24, 2.45) is 0 Å². The van der Waals surface area contributed by atoms with E-state index in [9.17, 15) is 29.7 Å². The second-order valence-electron chi connectivity index (χ2n) is 8.88. The van der Waals surface area contributed by atoms with Crippen LogP contribution < -0.4 is 10.8 Å². The van der Waals surface area contributed by atoms with Crippen molar-refractivity contribution in [3.8, 4) is 5.75 Å². The van der Waals surface area contributed by atoms with E-state index in [1.54, 1.807) is 24.3 Å². The summed E-state index contributed by atoms with van der Waals surface area (Å²) < 4.78 is 0. The number of aliphatic hydroxyl groups is 2. The zero-order chi connectivity index (χ0) is 25.0. The van der Waals surface area contributed by atoms with Crippen LogP contribution in [0.3, 0.4) is 0 Å². The summed E-state index contributed by atoms with van der Waals surface area (Å²) in [6, 6.07) is 11.3. The molecule has 0 bridgehead atoms. The number of carbonyl (C=O) groups excluding carboxylic acids is 3. The highest BCUT2D eigenvalue weighted by molar-refractivity contribution is 5.94. The van der Waals surface area contributed by atoms with E-state index in [0.717, 1.165) is 11.1 Å². The molecular formula is C24H29N3O7. The van der Waals surface area contributed by atoms with Crippen molar-refractivity contribution in [1.29, 1.82) is 0 Å². The zero-order valence-corrected chi connectivity index (χ0v) is 18.9. The predicted octanol–water partition coefficient (Wildman–Crippen LogP) is 0.530. The van der Waals surface area contributed by atoms with Crippen LogP contribution in [0, 0.1) is 0 Å². The smallest absolute Gasteiger partial charge is 0.252 e. The van der Waals surface area contributed by atoms with Gasteiger partial charge in [-0.3, -0.25) is 19.6 Å². The molecule has 0 aliphatic heterocycles. The molecule has 3 atom stereocenters. The number of hydroxylamine groups is 1. The van der Waals surface area contributed by atoms with Crippen LogP contribution in [0.5, 0.6) is 5.75 Å². The number of hydrogen-bond acceptors (Lipinski definition) is 7. The molecule has 0 unspecified atom stereocenters. The van der Waals surface area contributed by atoms with E-state index in [2.05, 4.69) is 5.32 Å². The Hall–Kier alpha value is -3.47. The van der Waals surface area contributed by atoms with Gasteiger partial charge in [-0.25, -0.2) is 5.48 Å². The van der Waals surface area contributed by atoms with Crippen molar-refractivity contribution in [2.75, 3.05) is 0 Å². The quantitative estimate of drug-likeness (QED) is 0.242. The van der Waals surface area contributed by atoms with Gasteiger partial charge >= 0.3 is 0 Å². The number of phenolic OH excluding ortho intramolecular Hbond substituents is 1. The van der Waals surface area contributed by atoms with E-state index in [1.807, 2.05) is 12.1 Å². The molecule has 0 spiro atoms. The Labute approximate surface area is 196 Å². The highest BCUT2D eigenvalue weighted by atomic mass is 16.5. The number of carbonyl (C=O) groups is 3. The van der Waals surface area contributed by atoms with Gasteiger partial charge in [0.15, 0.2) is 0 Å². The van der Waals surface area contributed by atoms with E-state index in [4.69, 9.17) is 5.21 Å². The number of amides is 3. The van der Waals surface area contributed by atoms with E-state index in [0.29, 0.717) is 12.0 Å². The van der Waals surface area contributed by atoms with Crippen LogP contribution in [0.2, 0.25) is 0 Å². The predicted molar refractivity (Wildman–Crippen MR) is 120 cm³/mol. The SMILES string of the molecule is CC(C)(O)C(=O)N[C@H](CC(=O)NO)C(=O)N(Cc1cccc(O)c1)[C@H]1c2ccccc2C[C@H]1O. The number of rotatable bonds is 8. The van der Waals surface area contributed by atoms with Crippen LogP contribution in [-0.4, -0.2) is 60.9 Å². The third-order valence-corrected chi connectivity index (χ3v) is 5.72. The molecule has 3 amide bonds. The monoisotopic (exact) mass is 471 g/mol. The van der Waals surface area contributed by atoms with Gasteiger partial charge in [-0.15, -0.1) is 0 Å². The number of nitrogens with zero attached hydrogens (tertiary/aromatic N) is 1. The molecule has 0 radical (unpaired) electrons. The fourth-order valence-electron chi connectivity index (χ4n) is 4.06. The lowest BCUT2D eigenvalue weighted by Gasteiger charge is -2.35. The van der Waals surface area contributed by atoms with Crippen molar-refractivity contribution in [1.82, 2.24) is 15.7 Å². The van der Waals surface area contributed by atoms with Crippen LogP contribution in [0.15, 0.2) is 48.5 Å². The van der Waals surface area contributed by atoms with E-state index in [1.165, 1.54) is 36.4 Å². The molecule has 34 heavy (non-hydrogen) atoms. The largest absolute Gasteiger partial charge is 0.508 e. The van der Waals surface area contributed by atoms with Gasteiger partial charge in [0.2, 0.25) is 11.8 Å². The fourth-order valence-corrected chi connectivity index (χ4v) is 4.06. The number of aromatic hydroxyl groups is 1. The third-order valence-electron chi connectivity index (χ3n) is 5.72. The molecule has 1 aliphatic carbocycles. The molecule has 0 aromatic heterocycles. The summed E-state index contributed by atoms with van der Waals surface area (Å²) in [5, 5.41) is 42.2. The molecule has 0 saturated heterocycles. The molecule has 10 heteroatoms. The topological polar surface area (TPSA) is 159 Å². The van der Waals surface area contributed by atoms with Crippen molar-refractivity contribution >= 4 is 17.7 Å². The number of hydrogen-bond donors (Lipinski definition) is 6. The second-order valence-corrected chi connectivity index (χ2v) is 8.88. The molecular weight excluding hydrogens is 442 g/mol. The Morgan fingerprint density at radius 2 is 1.85 bits per heavy atom. The third kappa shape index (κ3) is 5.71. The van der Waals surface area contributed by atoms with Crippen molar-refractivity contribution < 1.29 is 34.9 Å². The summed E-state index contributed by atoms with van der Waals surface area (Å²) in [6.45, 7) is 2.42. The molecule has 0 fully saturated rings. The van der Waals surface area contributed by atoms with Gasteiger partial charge in [-0.1, -0.05) is 36.4 Å². The highest BCUT2D eigenvalue weighted by Gasteiger charge is 2.41. The molecule has 10 nitrogen and oxygen atoms in total. The summed E-state index contributed by atoms with van der Waals surface area (Å²) in [6.07, 6.45) is -1.24. The van der Waals surface area contributed by atoms with Crippen LogP contribution in [0.1, 0.15) is 43.0 Å². The summed E-state index contributed by atoms with van der Waals surface area (Å²) >= 11 is 0. The Bertz CT molecular complexity index is 1070. The van der Waals surface area contributed by atoms with E-state index >= 15 is 0 Å². The van der Waals surface area contributed by atoms with Crippen LogP contribution in [0.4, 0.5) is 0 Å². The maximum Gasteiger partial charge on any atom is 0.252 e. The van der Waals surface area contributed by atoms with Gasteiger partial charge in [0.05, 0.1) is 18.6 Å². The molecule has 0 saturated carbocycles. The first-order valence-electron chi connectivity index (χ1n) is 10.8. The molecule has 0 heterocycles. The lowest BCUT2D eigenvalue weighted by molar-refractivity contribution is -0.147. The number of benzene rings is 2. The zero-order valence-electron chi connectivity index (χ0n) is 18.9. The van der Waals surface area contributed by atoms with Gasteiger partial charge in [0.25, 0.3) is 5.91 Å². The summed E-state index contributed by atoms with van der Waals surface area (Å²) in [4.78, 5) is 39.5. The number of aliphatic hydroxyl groups excluding tert-OH is 1. The molecule has 3 rings (SSSR count).